The van der Waals surface area contributed by atoms with Crippen LogP contribution >= 0.6 is 11.8 Å². The summed E-state index contributed by atoms with van der Waals surface area (Å²) in [6.07, 6.45) is 2.99. The molecule has 4 aromatic rings. The first kappa shape index (κ1) is 23.4. The third kappa shape index (κ3) is 5.85. The molecule has 9 nitrogen and oxygen atoms in total. The van der Waals surface area contributed by atoms with Crippen molar-refractivity contribution < 1.29 is 9.13 Å². The Labute approximate surface area is 207 Å². The number of anilines is 1. The zero-order chi connectivity index (χ0) is 23.9. The molecule has 0 amide bonds. The number of rotatable bonds is 10. The monoisotopic (exact) mass is 494 g/mol. The van der Waals surface area contributed by atoms with Crippen LogP contribution in [0.4, 0.5) is 10.3 Å². The van der Waals surface area contributed by atoms with Crippen LogP contribution in [0.3, 0.4) is 0 Å². The van der Waals surface area contributed by atoms with Crippen LogP contribution in [-0.4, -0.2) is 67.0 Å². The molecule has 0 unspecified atom stereocenters. The number of aryl methyl sites for hydroxylation is 1. The smallest absolute Gasteiger partial charge is 0.232 e. The molecule has 2 aromatic carbocycles. The molecular weight excluding hydrogens is 467 g/mol. The van der Waals surface area contributed by atoms with E-state index >= 15 is 0 Å². The van der Waals surface area contributed by atoms with Gasteiger partial charge in [0.1, 0.15) is 5.82 Å². The van der Waals surface area contributed by atoms with E-state index in [-0.39, 0.29) is 5.82 Å². The molecule has 182 valence electrons. The summed E-state index contributed by atoms with van der Waals surface area (Å²) in [4.78, 5) is 3.80. The van der Waals surface area contributed by atoms with Gasteiger partial charge in [0.2, 0.25) is 11.8 Å². The molecule has 0 saturated carbocycles. The van der Waals surface area contributed by atoms with Gasteiger partial charge in [0.05, 0.1) is 25.4 Å². The minimum absolute atomic E-state index is 0.280. The first-order chi connectivity index (χ1) is 17.3. The zero-order valence-corrected chi connectivity index (χ0v) is 20.1. The van der Waals surface area contributed by atoms with E-state index in [0.717, 1.165) is 67.0 Å². The van der Waals surface area contributed by atoms with Crippen LogP contribution < -0.4 is 4.90 Å². The van der Waals surface area contributed by atoms with Crippen LogP contribution in [0.5, 0.6) is 0 Å². The molecule has 1 aliphatic heterocycles. The van der Waals surface area contributed by atoms with Gasteiger partial charge in [-0.2, -0.15) is 4.80 Å². The van der Waals surface area contributed by atoms with E-state index < -0.39 is 0 Å². The van der Waals surface area contributed by atoms with E-state index in [1.165, 1.54) is 12.1 Å². The van der Waals surface area contributed by atoms with Crippen molar-refractivity contribution in [1.82, 2.24) is 35.0 Å². The quantitative estimate of drug-likeness (QED) is 0.243. The minimum Gasteiger partial charge on any atom is -0.378 e. The summed E-state index contributed by atoms with van der Waals surface area (Å²) in [5, 5.41) is 22.4. The van der Waals surface area contributed by atoms with Crippen molar-refractivity contribution >= 4 is 17.7 Å². The fourth-order valence-corrected chi connectivity index (χ4v) is 4.85. The summed E-state index contributed by atoms with van der Waals surface area (Å²) in [5.74, 6) is 1.98. The molecule has 3 heterocycles. The molecule has 1 fully saturated rings. The van der Waals surface area contributed by atoms with Gasteiger partial charge in [-0.25, -0.2) is 4.39 Å². The van der Waals surface area contributed by atoms with Crippen LogP contribution in [0.25, 0.3) is 17.1 Å². The number of benzene rings is 2. The lowest BCUT2D eigenvalue weighted by Gasteiger charge is -2.27. The van der Waals surface area contributed by atoms with E-state index in [4.69, 9.17) is 4.74 Å². The minimum atomic E-state index is -0.280. The third-order valence-electron chi connectivity index (χ3n) is 5.70. The molecular formula is C24H27FN8OS. The van der Waals surface area contributed by atoms with Gasteiger partial charge >= 0.3 is 0 Å². The average molecular weight is 495 g/mol. The van der Waals surface area contributed by atoms with Crippen molar-refractivity contribution in [1.29, 1.82) is 0 Å². The van der Waals surface area contributed by atoms with Gasteiger partial charge in [0.15, 0.2) is 5.16 Å². The number of ether oxygens (including phenoxy) is 1. The molecule has 0 aliphatic carbocycles. The highest BCUT2D eigenvalue weighted by atomic mass is 32.2. The second kappa shape index (κ2) is 11.4. The highest BCUT2D eigenvalue weighted by Gasteiger charge is 2.22. The molecule has 2 aromatic heterocycles. The van der Waals surface area contributed by atoms with Crippen molar-refractivity contribution in [3.63, 3.8) is 0 Å². The van der Waals surface area contributed by atoms with E-state index in [1.54, 1.807) is 22.6 Å². The number of tetrazole rings is 1. The Bertz CT molecular complexity index is 1230. The molecule has 35 heavy (non-hydrogen) atoms. The highest BCUT2D eigenvalue weighted by Crippen LogP contribution is 2.28. The Morgan fingerprint density at radius 2 is 1.77 bits per heavy atom. The van der Waals surface area contributed by atoms with Gasteiger partial charge in [-0.15, -0.1) is 20.4 Å². The number of unbranched alkanes of at least 4 members (excludes halogenated alkanes) is 2. The fraction of sp³-hybridized carbons (Fsp3) is 0.375. The maximum absolute atomic E-state index is 14.0. The van der Waals surface area contributed by atoms with E-state index in [2.05, 4.69) is 30.5 Å². The van der Waals surface area contributed by atoms with Crippen molar-refractivity contribution in [3.05, 3.63) is 60.4 Å². The normalized spacial score (nSPS) is 13.9. The Morgan fingerprint density at radius 3 is 2.60 bits per heavy atom. The van der Waals surface area contributed by atoms with Gasteiger partial charge in [-0.05, 0) is 36.3 Å². The number of hydrogen-bond acceptors (Lipinski definition) is 8. The van der Waals surface area contributed by atoms with Crippen LogP contribution in [0.15, 0.2) is 59.8 Å². The predicted molar refractivity (Wildman–Crippen MR) is 132 cm³/mol. The summed E-state index contributed by atoms with van der Waals surface area (Å²) >= 11 is 1.64. The summed E-state index contributed by atoms with van der Waals surface area (Å²) in [6, 6.07) is 16.4. The van der Waals surface area contributed by atoms with Crippen LogP contribution in [0.2, 0.25) is 0 Å². The van der Waals surface area contributed by atoms with E-state index in [1.807, 2.05) is 41.0 Å². The second-order valence-corrected chi connectivity index (χ2v) is 9.24. The number of hydrogen-bond donors (Lipinski definition) is 0. The fourth-order valence-electron chi connectivity index (χ4n) is 3.90. The SMILES string of the molecule is Fc1cccc(-n2c(SCCCCCn3nnc(-c4ccccc4)n3)nnc2N2CCOCC2)c1. The average Bonchev–Trinajstić information content (AvgIpc) is 3.55. The van der Waals surface area contributed by atoms with Crippen LogP contribution in [0, 0.1) is 5.82 Å². The highest BCUT2D eigenvalue weighted by molar-refractivity contribution is 7.99. The van der Waals surface area contributed by atoms with Crippen molar-refractivity contribution in [2.24, 2.45) is 0 Å². The largest absolute Gasteiger partial charge is 0.378 e. The van der Waals surface area contributed by atoms with Crippen molar-refractivity contribution in [3.8, 4) is 17.1 Å². The lowest BCUT2D eigenvalue weighted by atomic mass is 10.2. The second-order valence-electron chi connectivity index (χ2n) is 8.18. The maximum Gasteiger partial charge on any atom is 0.232 e. The molecule has 0 spiro atoms. The third-order valence-corrected chi connectivity index (χ3v) is 6.71. The van der Waals surface area contributed by atoms with Gasteiger partial charge in [0.25, 0.3) is 0 Å². The Balaban J connectivity index is 1.16. The van der Waals surface area contributed by atoms with Crippen LogP contribution in [-0.2, 0) is 11.3 Å². The molecule has 5 rings (SSSR count). The van der Waals surface area contributed by atoms with Crippen molar-refractivity contribution in [2.75, 3.05) is 37.0 Å². The van der Waals surface area contributed by atoms with Gasteiger partial charge < -0.3 is 9.64 Å². The first-order valence-electron chi connectivity index (χ1n) is 11.8. The van der Waals surface area contributed by atoms with E-state index in [0.29, 0.717) is 19.0 Å². The zero-order valence-electron chi connectivity index (χ0n) is 19.3. The topological polar surface area (TPSA) is 86.8 Å². The summed E-state index contributed by atoms with van der Waals surface area (Å²) in [6.45, 7) is 3.49. The molecule has 0 atom stereocenters. The maximum atomic E-state index is 14.0. The summed E-state index contributed by atoms with van der Waals surface area (Å²) in [5.41, 5.74) is 1.69. The first-order valence-corrected chi connectivity index (χ1v) is 12.8. The number of halogens is 1. The van der Waals surface area contributed by atoms with E-state index in [9.17, 15) is 4.39 Å². The van der Waals surface area contributed by atoms with Gasteiger partial charge in [-0.3, -0.25) is 4.57 Å². The molecule has 0 radical (unpaired) electrons. The lowest BCUT2D eigenvalue weighted by molar-refractivity contribution is 0.122. The number of nitrogens with zero attached hydrogens (tertiary/aromatic N) is 8. The lowest BCUT2D eigenvalue weighted by Crippen LogP contribution is -2.37. The van der Waals surface area contributed by atoms with Gasteiger partial charge in [0, 0.05) is 24.4 Å². The standard InChI is InChI=1S/C24H27FN8OS/c25-20-10-7-11-21(18-20)33-23(31-13-15-34-16-14-31)27-28-24(33)35-17-6-2-5-12-32-29-22(26-30-32)19-8-3-1-4-9-19/h1,3-4,7-11,18H,2,5-6,12-17H2. The summed E-state index contributed by atoms with van der Waals surface area (Å²) in [7, 11) is 0. The number of thioether (sulfide) groups is 1. The molecule has 0 bridgehead atoms. The van der Waals surface area contributed by atoms with Crippen molar-refractivity contribution in [2.45, 2.75) is 31.0 Å². The number of aromatic nitrogens is 7. The predicted octanol–water partition coefficient (Wildman–Crippen LogP) is 3.86. The van der Waals surface area contributed by atoms with Crippen LogP contribution in [0.1, 0.15) is 19.3 Å². The Kier molecular flexibility index (Phi) is 7.64. The molecule has 1 aliphatic rings. The molecule has 11 heteroatoms. The Hall–Kier alpha value is -3.31. The summed E-state index contributed by atoms with van der Waals surface area (Å²) < 4.78 is 21.4. The molecule has 1 saturated heterocycles. The molecule has 0 N–H and O–H groups in total. The number of morpholine rings is 1. The van der Waals surface area contributed by atoms with Gasteiger partial charge in [-0.1, -0.05) is 54.6 Å². The Morgan fingerprint density at radius 1 is 0.914 bits per heavy atom.